The van der Waals surface area contributed by atoms with Gasteiger partial charge in [0.05, 0.1) is 11.0 Å². The van der Waals surface area contributed by atoms with Gasteiger partial charge in [-0.05, 0) is 48.6 Å². The molecule has 1 aliphatic heterocycles. The Balaban J connectivity index is 1.72. The van der Waals surface area contributed by atoms with Gasteiger partial charge in [0.1, 0.15) is 0 Å². The van der Waals surface area contributed by atoms with Gasteiger partial charge < -0.3 is 5.32 Å². The molecule has 5 heteroatoms. The third-order valence-electron chi connectivity index (χ3n) is 5.23. The fourth-order valence-corrected chi connectivity index (χ4v) is 3.95. The number of nitro benzene ring substituents is 1. The number of carbonyl (C=O) groups is 1. The zero-order valence-electron chi connectivity index (χ0n) is 13.8. The average molecular weight is 334 g/mol. The molecule has 1 N–H and O–H groups in total. The SMILES string of the molecule is CC(=O)c1ccc2c(c1)[C@@H]1C=CC[C@@H]1[C@H](c1ccc([N+](=O)[O-])cc1)N2. The van der Waals surface area contributed by atoms with Gasteiger partial charge in [-0.15, -0.1) is 0 Å². The van der Waals surface area contributed by atoms with E-state index in [1.807, 2.05) is 30.3 Å². The van der Waals surface area contributed by atoms with Gasteiger partial charge in [-0.2, -0.15) is 0 Å². The highest BCUT2D eigenvalue weighted by molar-refractivity contribution is 5.95. The van der Waals surface area contributed by atoms with Crippen LogP contribution in [0.1, 0.15) is 46.8 Å². The van der Waals surface area contributed by atoms with Crippen LogP contribution in [0, 0.1) is 16.0 Å². The minimum atomic E-state index is -0.378. The molecule has 126 valence electrons. The fraction of sp³-hybridized carbons (Fsp3) is 0.250. The minimum absolute atomic E-state index is 0.0684. The van der Waals surface area contributed by atoms with Crippen molar-refractivity contribution in [2.75, 3.05) is 5.32 Å². The number of carbonyl (C=O) groups excluding carboxylic acids is 1. The lowest BCUT2D eigenvalue weighted by molar-refractivity contribution is -0.384. The van der Waals surface area contributed by atoms with E-state index < -0.39 is 0 Å². The van der Waals surface area contributed by atoms with Gasteiger partial charge in [0.15, 0.2) is 5.78 Å². The monoisotopic (exact) mass is 334 g/mol. The molecule has 0 spiro atoms. The first kappa shape index (κ1) is 15.6. The Morgan fingerprint density at radius 2 is 1.96 bits per heavy atom. The molecule has 0 saturated carbocycles. The van der Waals surface area contributed by atoms with Crippen molar-refractivity contribution in [2.24, 2.45) is 5.92 Å². The summed E-state index contributed by atoms with van der Waals surface area (Å²) in [4.78, 5) is 22.2. The van der Waals surface area contributed by atoms with E-state index in [1.165, 1.54) is 0 Å². The molecule has 0 amide bonds. The van der Waals surface area contributed by atoms with E-state index in [-0.39, 0.29) is 28.4 Å². The first-order chi connectivity index (χ1) is 12.0. The number of hydrogen-bond donors (Lipinski definition) is 1. The van der Waals surface area contributed by atoms with Gasteiger partial charge in [-0.1, -0.05) is 24.3 Å². The molecule has 2 aliphatic rings. The Morgan fingerprint density at radius 1 is 1.20 bits per heavy atom. The second kappa shape index (κ2) is 5.84. The zero-order valence-corrected chi connectivity index (χ0v) is 13.8. The van der Waals surface area contributed by atoms with Gasteiger partial charge in [0, 0.05) is 29.3 Å². The molecule has 0 unspecified atom stereocenters. The summed E-state index contributed by atoms with van der Waals surface area (Å²) in [6, 6.07) is 12.7. The van der Waals surface area contributed by atoms with E-state index in [1.54, 1.807) is 19.1 Å². The van der Waals surface area contributed by atoms with Crippen LogP contribution in [0.15, 0.2) is 54.6 Å². The highest BCUT2D eigenvalue weighted by atomic mass is 16.6. The second-order valence-electron chi connectivity index (χ2n) is 6.68. The maximum absolute atomic E-state index is 11.7. The number of fused-ring (bicyclic) bond motifs is 3. The number of nitrogens with zero attached hydrogens (tertiary/aromatic N) is 1. The van der Waals surface area contributed by atoms with Crippen LogP contribution in [-0.4, -0.2) is 10.7 Å². The second-order valence-corrected chi connectivity index (χ2v) is 6.68. The highest BCUT2D eigenvalue weighted by Gasteiger charge is 2.38. The van der Waals surface area contributed by atoms with E-state index in [0.29, 0.717) is 5.92 Å². The maximum Gasteiger partial charge on any atom is 0.269 e. The lowest BCUT2D eigenvalue weighted by Gasteiger charge is -2.37. The van der Waals surface area contributed by atoms with Crippen LogP contribution >= 0.6 is 0 Å². The van der Waals surface area contributed by atoms with Crippen LogP contribution in [0.25, 0.3) is 0 Å². The Labute approximate surface area is 145 Å². The fourth-order valence-electron chi connectivity index (χ4n) is 3.95. The van der Waals surface area contributed by atoms with E-state index in [9.17, 15) is 14.9 Å². The first-order valence-corrected chi connectivity index (χ1v) is 8.37. The lowest BCUT2D eigenvalue weighted by atomic mass is 9.76. The van der Waals surface area contributed by atoms with Crippen molar-refractivity contribution in [1.29, 1.82) is 0 Å². The molecule has 1 aliphatic carbocycles. The summed E-state index contributed by atoms with van der Waals surface area (Å²) in [5.41, 5.74) is 4.07. The van der Waals surface area contributed by atoms with Crippen LogP contribution in [0.5, 0.6) is 0 Å². The molecule has 3 atom stereocenters. The van der Waals surface area contributed by atoms with Crippen molar-refractivity contribution < 1.29 is 9.72 Å². The molecule has 0 fully saturated rings. The van der Waals surface area contributed by atoms with Crippen molar-refractivity contribution >= 4 is 17.2 Å². The Bertz CT molecular complexity index is 886. The number of non-ortho nitro benzene ring substituents is 1. The van der Waals surface area contributed by atoms with Crippen LogP contribution in [0.2, 0.25) is 0 Å². The topological polar surface area (TPSA) is 72.2 Å². The van der Waals surface area contributed by atoms with Gasteiger partial charge in [-0.3, -0.25) is 14.9 Å². The molecule has 1 heterocycles. The molecule has 0 saturated heterocycles. The molecule has 0 aromatic heterocycles. The number of hydrogen-bond acceptors (Lipinski definition) is 4. The highest BCUT2D eigenvalue weighted by Crippen LogP contribution is 2.50. The number of benzene rings is 2. The van der Waals surface area contributed by atoms with Gasteiger partial charge in [-0.25, -0.2) is 0 Å². The van der Waals surface area contributed by atoms with Gasteiger partial charge >= 0.3 is 0 Å². The molecule has 5 nitrogen and oxygen atoms in total. The first-order valence-electron chi connectivity index (χ1n) is 8.37. The van der Waals surface area contributed by atoms with Crippen molar-refractivity contribution in [3.05, 3.63) is 81.4 Å². The summed E-state index contributed by atoms with van der Waals surface area (Å²) in [6.07, 6.45) is 5.35. The van der Waals surface area contributed by atoms with Crippen LogP contribution in [0.4, 0.5) is 11.4 Å². The molecule has 2 aromatic carbocycles. The molecule has 0 bridgehead atoms. The Kier molecular flexibility index (Phi) is 3.64. The van der Waals surface area contributed by atoms with Crippen LogP contribution < -0.4 is 5.32 Å². The summed E-state index contributed by atoms with van der Waals surface area (Å²) in [7, 11) is 0. The van der Waals surface area contributed by atoms with Crippen molar-refractivity contribution in [1.82, 2.24) is 0 Å². The van der Waals surface area contributed by atoms with Crippen molar-refractivity contribution in [2.45, 2.75) is 25.3 Å². The summed E-state index contributed by atoms with van der Waals surface area (Å²) in [6.45, 7) is 1.58. The lowest BCUT2D eigenvalue weighted by Crippen LogP contribution is -2.29. The van der Waals surface area contributed by atoms with E-state index in [4.69, 9.17) is 0 Å². The number of anilines is 1. The van der Waals surface area contributed by atoms with E-state index in [0.717, 1.165) is 28.8 Å². The van der Waals surface area contributed by atoms with E-state index in [2.05, 4.69) is 17.5 Å². The van der Waals surface area contributed by atoms with Crippen LogP contribution in [0.3, 0.4) is 0 Å². The largest absolute Gasteiger partial charge is 0.378 e. The third kappa shape index (κ3) is 2.61. The summed E-state index contributed by atoms with van der Waals surface area (Å²) in [5.74, 6) is 0.672. The summed E-state index contributed by atoms with van der Waals surface area (Å²) in [5, 5.41) is 14.5. The number of Topliss-reactive ketones (excluding diaryl/α,β-unsaturated/α-hetero) is 1. The number of allylic oxidation sites excluding steroid dienone is 2. The number of nitro groups is 1. The summed E-state index contributed by atoms with van der Waals surface area (Å²) >= 11 is 0. The van der Waals surface area contributed by atoms with Crippen molar-refractivity contribution in [3.8, 4) is 0 Å². The van der Waals surface area contributed by atoms with E-state index >= 15 is 0 Å². The average Bonchev–Trinajstić information content (AvgIpc) is 3.10. The number of rotatable bonds is 3. The number of ketones is 1. The van der Waals surface area contributed by atoms with Gasteiger partial charge in [0.25, 0.3) is 5.69 Å². The normalized spacial score (nSPS) is 23.5. The molecular formula is C20H18N2O3. The molecule has 2 aromatic rings. The third-order valence-corrected chi connectivity index (χ3v) is 5.23. The number of nitrogens with one attached hydrogen (secondary N) is 1. The minimum Gasteiger partial charge on any atom is -0.378 e. The predicted octanol–water partition coefficient (Wildman–Crippen LogP) is 4.62. The Morgan fingerprint density at radius 3 is 2.64 bits per heavy atom. The Hall–Kier alpha value is -2.95. The standard InChI is InChI=1S/C20H18N2O3/c1-12(23)14-7-10-19-18(11-14)16-3-2-4-17(16)20(21-19)13-5-8-15(9-6-13)22(24)25/h2-3,5-11,16-17,20-21H,4H2,1H3/t16-,17+,20+/m1/s1. The van der Waals surface area contributed by atoms with Crippen molar-refractivity contribution in [3.63, 3.8) is 0 Å². The summed E-state index contributed by atoms with van der Waals surface area (Å²) < 4.78 is 0. The molecule has 25 heavy (non-hydrogen) atoms. The maximum atomic E-state index is 11.7. The molecule has 4 rings (SSSR count). The molecule has 0 radical (unpaired) electrons. The smallest absolute Gasteiger partial charge is 0.269 e. The molecular weight excluding hydrogens is 316 g/mol. The predicted molar refractivity (Wildman–Crippen MR) is 95.9 cm³/mol. The zero-order chi connectivity index (χ0) is 17.6. The van der Waals surface area contributed by atoms with Crippen LogP contribution in [-0.2, 0) is 0 Å². The van der Waals surface area contributed by atoms with Gasteiger partial charge in [0.2, 0.25) is 0 Å². The quantitative estimate of drug-likeness (QED) is 0.385.